The van der Waals surface area contributed by atoms with Gasteiger partial charge in [0.25, 0.3) is 10.0 Å². The van der Waals surface area contributed by atoms with Gasteiger partial charge in [-0.1, -0.05) is 85.1 Å². The summed E-state index contributed by atoms with van der Waals surface area (Å²) in [5, 5.41) is 3.37. The zero-order chi connectivity index (χ0) is 29.4. The fourth-order valence-corrected chi connectivity index (χ4v) is 6.18. The lowest BCUT2D eigenvalue weighted by Gasteiger charge is -2.34. The van der Waals surface area contributed by atoms with Gasteiger partial charge in [0.15, 0.2) is 0 Å². The summed E-state index contributed by atoms with van der Waals surface area (Å²) in [6, 6.07) is 19.0. The molecule has 0 aliphatic rings. The van der Waals surface area contributed by atoms with Crippen molar-refractivity contribution in [3.05, 3.63) is 94.0 Å². The van der Waals surface area contributed by atoms with Gasteiger partial charge in [0.2, 0.25) is 11.8 Å². The number of hydrogen-bond donors (Lipinski definition) is 1. The third-order valence-corrected chi connectivity index (χ3v) is 8.96. The first-order valence-corrected chi connectivity index (χ1v) is 15.4. The third-order valence-electron chi connectivity index (χ3n) is 6.65. The van der Waals surface area contributed by atoms with Gasteiger partial charge in [-0.25, -0.2) is 8.42 Å². The average molecular weight is 605 g/mol. The van der Waals surface area contributed by atoms with E-state index in [0.29, 0.717) is 11.4 Å². The van der Waals surface area contributed by atoms with Crippen LogP contribution in [0, 0.1) is 6.92 Å². The van der Waals surface area contributed by atoms with Crippen molar-refractivity contribution in [1.29, 1.82) is 0 Å². The van der Waals surface area contributed by atoms with Gasteiger partial charge >= 0.3 is 0 Å². The number of halogens is 2. The summed E-state index contributed by atoms with van der Waals surface area (Å²) < 4.78 is 28.7. The average Bonchev–Trinajstić information content (AvgIpc) is 2.93. The molecule has 1 N–H and O–H groups in total. The second kappa shape index (κ2) is 14.0. The second-order valence-electron chi connectivity index (χ2n) is 9.67. The predicted octanol–water partition coefficient (Wildman–Crippen LogP) is 6.22. The minimum Gasteiger partial charge on any atom is -0.352 e. The van der Waals surface area contributed by atoms with E-state index in [1.54, 1.807) is 18.2 Å². The van der Waals surface area contributed by atoms with Crippen LogP contribution in [0.5, 0.6) is 0 Å². The van der Waals surface area contributed by atoms with Gasteiger partial charge in [-0.05, 0) is 62.6 Å². The molecule has 0 aliphatic carbocycles. The Bertz CT molecular complexity index is 1420. The summed E-state index contributed by atoms with van der Waals surface area (Å²) in [5.41, 5.74) is 1.98. The van der Waals surface area contributed by atoms with Crippen LogP contribution in [0.1, 0.15) is 44.7 Å². The monoisotopic (exact) mass is 603 g/mol. The van der Waals surface area contributed by atoms with Crippen molar-refractivity contribution in [2.75, 3.05) is 10.8 Å². The minimum absolute atomic E-state index is 0.000423. The first kappa shape index (κ1) is 31.5. The standard InChI is InChI=1S/C30H35Cl2N3O4S/c1-5-22(4)33-30(37)27(6-2)34(19-23-14-12-21(3)13-15-23)29(36)20-35(28-17-16-24(31)18-26(28)32)40(38,39)25-10-8-7-9-11-25/h7-18,22,27H,5-6,19-20H2,1-4H3,(H,33,37)/t22-,27+/m1/s1. The quantitative estimate of drug-likeness (QED) is 0.266. The Hall–Kier alpha value is -3.07. The maximum atomic E-state index is 14.1. The Morgan fingerprint density at radius 3 is 2.15 bits per heavy atom. The number of benzene rings is 3. The van der Waals surface area contributed by atoms with E-state index in [2.05, 4.69) is 5.32 Å². The first-order valence-electron chi connectivity index (χ1n) is 13.2. The molecule has 3 aromatic rings. The number of amides is 2. The molecule has 0 spiro atoms. The minimum atomic E-state index is -4.21. The van der Waals surface area contributed by atoms with E-state index in [0.717, 1.165) is 21.9 Å². The Morgan fingerprint density at radius 1 is 0.925 bits per heavy atom. The summed E-state index contributed by atoms with van der Waals surface area (Å²) in [6.07, 6.45) is 1.07. The lowest BCUT2D eigenvalue weighted by atomic mass is 10.1. The van der Waals surface area contributed by atoms with Crippen molar-refractivity contribution in [3.8, 4) is 0 Å². The highest BCUT2D eigenvalue weighted by molar-refractivity contribution is 7.92. The van der Waals surface area contributed by atoms with Gasteiger partial charge in [0.05, 0.1) is 15.6 Å². The molecule has 0 radical (unpaired) electrons. The number of carbonyl (C=O) groups excluding carboxylic acids is 2. The summed E-state index contributed by atoms with van der Waals surface area (Å²) in [7, 11) is -4.21. The summed E-state index contributed by atoms with van der Waals surface area (Å²) >= 11 is 12.5. The van der Waals surface area contributed by atoms with Crippen LogP contribution in [0.2, 0.25) is 10.0 Å². The number of rotatable bonds is 12. The molecule has 2 atom stereocenters. The zero-order valence-corrected chi connectivity index (χ0v) is 25.4. The molecule has 0 aromatic heterocycles. The molecule has 3 rings (SSSR count). The van der Waals surface area contributed by atoms with Crippen LogP contribution < -0.4 is 9.62 Å². The summed E-state index contributed by atoms with van der Waals surface area (Å²) in [4.78, 5) is 28.9. The summed E-state index contributed by atoms with van der Waals surface area (Å²) in [5.74, 6) is -0.837. The molecule has 0 aliphatic heterocycles. The number of aryl methyl sites for hydroxylation is 1. The second-order valence-corrected chi connectivity index (χ2v) is 12.4. The van der Waals surface area contributed by atoms with Crippen molar-refractivity contribution < 1.29 is 18.0 Å². The first-order chi connectivity index (χ1) is 19.0. The van der Waals surface area contributed by atoms with E-state index in [4.69, 9.17) is 23.2 Å². The fraction of sp³-hybridized carbons (Fsp3) is 0.333. The summed E-state index contributed by atoms with van der Waals surface area (Å²) in [6.45, 7) is 7.20. The lowest BCUT2D eigenvalue weighted by molar-refractivity contribution is -0.140. The maximum absolute atomic E-state index is 14.1. The Labute approximate surface area is 247 Å². The van der Waals surface area contributed by atoms with Crippen LogP contribution in [-0.4, -0.2) is 43.8 Å². The van der Waals surface area contributed by atoms with E-state index in [1.807, 2.05) is 52.0 Å². The largest absolute Gasteiger partial charge is 0.352 e. The van der Waals surface area contributed by atoms with Gasteiger partial charge in [-0.15, -0.1) is 0 Å². The van der Waals surface area contributed by atoms with Gasteiger partial charge < -0.3 is 10.2 Å². The Morgan fingerprint density at radius 2 is 1.57 bits per heavy atom. The third kappa shape index (κ3) is 7.77. The van der Waals surface area contributed by atoms with Crippen molar-refractivity contribution in [3.63, 3.8) is 0 Å². The number of nitrogens with one attached hydrogen (secondary N) is 1. The highest BCUT2D eigenvalue weighted by atomic mass is 35.5. The van der Waals surface area contributed by atoms with Crippen LogP contribution in [0.15, 0.2) is 77.7 Å². The highest BCUT2D eigenvalue weighted by Gasteiger charge is 2.34. The molecule has 3 aromatic carbocycles. The van der Waals surface area contributed by atoms with E-state index in [9.17, 15) is 18.0 Å². The van der Waals surface area contributed by atoms with Crippen molar-refractivity contribution >= 4 is 50.7 Å². The number of carbonyl (C=O) groups is 2. The Balaban J connectivity index is 2.07. The molecule has 0 saturated heterocycles. The van der Waals surface area contributed by atoms with Gasteiger partial charge in [-0.2, -0.15) is 0 Å². The Kier molecular flexibility index (Phi) is 11.0. The smallest absolute Gasteiger partial charge is 0.264 e. The van der Waals surface area contributed by atoms with E-state index in [1.165, 1.54) is 35.2 Å². The van der Waals surface area contributed by atoms with Crippen molar-refractivity contribution in [2.45, 2.75) is 64.1 Å². The lowest BCUT2D eigenvalue weighted by Crippen LogP contribution is -2.53. The molecule has 2 amide bonds. The predicted molar refractivity (Wildman–Crippen MR) is 161 cm³/mol. The normalized spacial score (nSPS) is 12.8. The van der Waals surface area contributed by atoms with Gasteiger partial charge in [-0.3, -0.25) is 13.9 Å². The van der Waals surface area contributed by atoms with Crippen LogP contribution in [0.25, 0.3) is 0 Å². The number of hydrogen-bond acceptors (Lipinski definition) is 4. The van der Waals surface area contributed by atoms with E-state index in [-0.39, 0.29) is 34.1 Å². The highest BCUT2D eigenvalue weighted by Crippen LogP contribution is 2.33. The molecule has 10 heteroatoms. The fourth-order valence-electron chi connectivity index (χ4n) is 4.17. The number of nitrogens with zero attached hydrogens (tertiary/aromatic N) is 2. The SMILES string of the molecule is CC[C@@H](C)NC(=O)[C@H](CC)N(Cc1ccc(C)cc1)C(=O)CN(c1ccc(Cl)cc1Cl)S(=O)(=O)c1ccccc1. The topological polar surface area (TPSA) is 86.8 Å². The van der Waals surface area contributed by atoms with Gasteiger partial charge in [0, 0.05) is 17.6 Å². The molecule has 40 heavy (non-hydrogen) atoms. The van der Waals surface area contributed by atoms with Crippen molar-refractivity contribution in [1.82, 2.24) is 10.2 Å². The molecular formula is C30H35Cl2N3O4S. The molecule has 0 unspecified atom stereocenters. The molecular weight excluding hydrogens is 569 g/mol. The van der Waals surface area contributed by atoms with Crippen LogP contribution in [0.3, 0.4) is 0 Å². The molecule has 0 heterocycles. The molecule has 0 fully saturated rings. The van der Waals surface area contributed by atoms with E-state index < -0.39 is 28.5 Å². The van der Waals surface area contributed by atoms with E-state index >= 15 is 0 Å². The van der Waals surface area contributed by atoms with Crippen molar-refractivity contribution in [2.24, 2.45) is 0 Å². The maximum Gasteiger partial charge on any atom is 0.264 e. The molecule has 7 nitrogen and oxygen atoms in total. The van der Waals surface area contributed by atoms with Crippen LogP contribution >= 0.6 is 23.2 Å². The number of sulfonamides is 1. The van der Waals surface area contributed by atoms with Crippen LogP contribution in [-0.2, 0) is 26.2 Å². The molecule has 0 saturated carbocycles. The molecule has 214 valence electrons. The zero-order valence-electron chi connectivity index (χ0n) is 23.1. The van der Waals surface area contributed by atoms with Gasteiger partial charge in [0.1, 0.15) is 12.6 Å². The van der Waals surface area contributed by atoms with Crippen LogP contribution in [0.4, 0.5) is 5.69 Å². The molecule has 0 bridgehead atoms. The number of anilines is 1.